The zero-order chi connectivity index (χ0) is 13.1. The van der Waals surface area contributed by atoms with E-state index in [0.717, 1.165) is 4.31 Å². The normalized spacial score (nSPS) is 11.2. The molecule has 0 heterocycles. The van der Waals surface area contributed by atoms with Crippen LogP contribution in [0.4, 0.5) is 5.69 Å². The summed E-state index contributed by atoms with van der Waals surface area (Å²) in [7, 11) is -3.59. The molecule has 0 saturated carbocycles. The van der Waals surface area contributed by atoms with E-state index < -0.39 is 22.5 Å². The minimum absolute atomic E-state index is 0.146. The number of carboxylic acids is 1. The average molecular weight is 322 g/mol. The molecule has 1 rings (SSSR count). The maximum atomic E-state index is 11.8. The number of halogens is 1. The minimum atomic E-state index is -3.59. The van der Waals surface area contributed by atoms with Gasteiger partial charge in [0.15, 0.2) is 0 Å². The van der Waals surface area contributed by atoms with Crippen molar-refractivity contribution in [1.82, 2.24) is 0 Å². The fourth-order valence-corrected chi connectivity index (χ4v) is 2.70. The van der Waals surface area contributed by atoms with E-state index in [9.17, 15) is 13.2 Å². The molecule has 0 fully saturated rings. The molecule has 1 aromatic rings. The summed E-state index contributed by atoms with van der Waals surface area (Å²) >= 11 is 3.22. The Hall–Kier alpha value is -1.08. The Morgan fingerprint density at radius 3 is 2.59 bits per heavy atom. The molecular weight excluding hydrogens is 310 g/mol. The Bertz CT molecular complexity index is 515. The lowest BCUT2D eigenvalue weighted by Gasteiger charge is -2.21. The third-order valence-corrected chi connectivity index (χ3v) is 4.31. The second-order valence-electron chi connectivity index (χ2n) is 3.28. The van der Waals surface area contributed by atoms with E-state index in [0.29, 0.717) is 10.2 Å². The van der Waals surface area contributed by atoms with Gasteiger partial charge in [-0.1, -0.05) is 22.0 Å². The third-order valence-electron chi connectivity index (χ3n) is 2.08. The minimum Gasteiger partial charge on any atom is -0.480 e. The molecular formula is C10H12BrNO4S. The summed E-state index contributed by atoms with van der Waals surface area (Å²) in [5, 5.41) is 8.76. The molecule has 0 atom stereocenters. The molecule has 0 spiro atoms. The van der Waals surface area contributed by atoms with Crippen molar-refractivity contribution in [2.24, 2.45) is 0 Å². The Morgan fingerprint density at radius 2 is 2.12 bits per heavy atom. The summed E-state index contributed by atoms with van der Waals surface area (Å²) < 4.78 is 25.2. The highest BCUT2D eigenvalue weighted by molar-refractivity contribution is 9.10. The molecule has 1 aromatic carbocycles. The molecule has 0 saturated heterocycles. The Morgan fingerprint density at radius 1 is 1.47 bits per heavy atom. The van der Waals surface area contributed by atoms with Gasteiger partial charge in [-0.25, -0.2) is 8.42 Å². The molecule has 17 heavy (non-hydrogen) atoms. The highest BCUT2D eigenvalue weighted by Gasteiger charge is 2.23. The lowest BCUT2D eigenvalue weighted by atomic mass is 10.3. The van der Waals surface area contributed by atoms with Gasteiger partial charge in [0.2, 0.25) is 10.0 Å². The Balaban J connectivity index is 3.20. The quantitative estimate of drug-likeness (QED) is 0.895. The monoisotopic (exact) mass is 321 g/mol. The zero-order valence-electron chi connectivity index (χ0n) is 9.13. The lowest BCUT2D eigenvalue weighted by molar-refractivity contribution is -0.135. The van der Waals surface area contributed by atoms with Crippen LogP contribution in [-0.4, -0.2) is 31.8 Å². The molecule has 1 N–H and O–H groups in total. The van der Waals surface area contributed by atoms with Crippen molar-refractivity contribution in [3.8, 4) is 0 Å². The fourth-order valence-electron chi connectivity index (χ4n) is 1.26. The van der Waals surface area contributed by atoms with E-state index in [4.69, 9.17) is 5.11 Å². The van der Waals surface area contributed by atoms with Crippen molar-refractivity contribution in [3.63, 3.8) is 0 Å². The van der Waals surface area contributed by atoms with Crippen LogP contribution in [0.1, 0.15) is 6.92 Å². The summed E-state index contributed by atoms with van der Waals surface area (Å²) in [4.78, 5) is 10.7. The maximum Gasteiger partial charge on any atom is 0.324 e. The van der Waals surface area contributed by atoms with Crippen molar-refractivity contribution in [2.45, 2.75) is 6.92 Å². The predicted octanol–water partition coefficient (Wildman–Crippen LogP) is 1.69. The van der Waals surface area contributed by atoms with Gasteiger partial charge in [0, 0.05) is 4.47 Å². The maximum absolute atomic E-state index is 11.8. The lowest BCUT2D eigenvalue weighted by Crippen LogP contribution is -2.36. The number of sulfonamides is 1. The highest BCUT2D eigenvalue weighted by Crippen LogP contribution is 2.22. The van der Waals surface area contributed by atoms with Crippen molar-refractivity contribution < 1.29 is 18.3 Å². The van der Waals surface area contributed by atoms with Gasteiger partial charge in [-0.3, -0.25) is 9.10 Å². The molecule has 7 heteroatoms. The van der Waals surface area contributed by atoms with Crippen molar-refractivity contribution in [3.05, 3.63) is 28.7 Å². The SMILES string of the molecule is CCS(=O)(=O)N(CC(=O)O)c1cccc(Br)c1. The van der Waals surface area contributed by atoms with Gasteiger partial charge < -0.3 is 5.11 Å². The molecule has 0 aliphatic heterocycles. The third kappa shape index (κ3) is 3.71. The summed E-state index contributed by atoms with van der Waals surface area (Å²) in [6.45, 7) is 0.898. The van der Waals surface area contributed by atoms with Gasteiger partial charge in [-0.05, 0) is 25.1 Å². The van der Waals surface area contributed by atoms with Crippen LogP contribution < -0.4 is 4.31 Å². The summed E-state index contributed by atoms with van der Waals surface area (Å²) in [6, 6.07) is 6.51. The van der Waals surface area contributed by atoms with Gasteiger partial charge in [0.25, 0.3) is 0 Å². The smallest absolute Gasteiger partial charge is 0.324 e. The van der Waals surface area contributed by atoms with E-state index >= 15 is 0 Å². The predicted molar refractivity (Wildman–Crippen MR) is 68.6 cm³/mol. The van der Waals surface area contributed by atoms with Gasteiger partial charge in [-0.2, -0.15) is 0 Å². The average Bonchev–Trinajstić information content (AvgIpc) is 2.25. The molecule has 0 amide bonds. The fraction of sp³-hybridized carbons (Fsp3) is 0.300. The van der Waals surface area contributed by atoms with Crippen LogP contribution in [0.25, 0.3) is 0 Å². The number of carbonyl (C=O) groups is 1. The molecule has 94 valence electrons. The van der Waals surface area contributed by atoms with E-state index in [1.807, 2.05) is 0 Å². The first kappa shape index (κ1) is 14.0. The molecule has 0 bridgehead atoms. The second-order valence-corrected chi connectivity index (χ2v) is 6.38. The number of rotatable bonds is 5. The van der Waals surface area contributed by atoms with Crippen molar-refractivity contribution in [1.29, 1.82) is 0 Å². The van der Waals surface area contributed by atoms with Gasteiger partial charge in [0.1, 0.15) is 6.54 Å². The molecule has 0 aromatic heterocycles. The van der Waals surface area contributed by atoms with Crippen molar-refractivity contribution >= 4 is 37.6 Å². The van der Waals surface area contributed by atoms with Crippen LogP contribution >= 0.6 is 15.9 Å². The van der Waals surface area contributed by atoms with Crippen LogP contribution in [0.5, 0.6) is 0 Å². The summed E-state index contributed by atoms with van der Waals surface area (Å²) in [5.74, 6) is -1.34. The second kappa shape index (κ2) is 5.50. The number of carboxylic acid groups (broad SMARTS) is 1. The van der Waals surface area contributed by atoms with Gasteiger partial charge in [-0.15, -0.1) is 0 Å². The first-order chi connectivity index (χ1) is 7.86. The highest BCUT2D eigenvalue weighted by atomic mass is 79.9. The van der Waals surface area contributed by atoms with Gasteiger partial charge in [0.05, 0.1) is 11.4 Å². The Labute approximate surface area is 108 Å². The number of hydrogen-bond acceptors (Lipinski definition) is 3. The first-order valence-electron chi connectivity index (χ1n) is 4.84. The van der Waals surface area contributed by atoms with E-state index in [2.05, 4.69) is 15.9 Å². The number of hydrogen-bond donors (Lipinski definition) is 1. The molecule has 0 aliphatic carbocycles. The number of anilines is 1. The number of benzene rings is 1. The molecule has 0 unspecified atom stereocenters. The first-order valence-corrected chi connectivity index (χ1v) is 7.25. The van der Waals surface area contributed by atoms with Crippen LogP contribution in [0.3, 0.4) is 0 Å². The number of aliphatic carboxylic acids is 1. The zero-order valence-corrected chi connectivity index (χ0v) is 11.5. The van der Waals surface area contributed by atoms with Crippen LogP contribution in [0.2, 0.25) is 0 Å². The Kier molecular flexibility index (Phi) is 4.53. The van der Waals surface area contributed by atoms with Crippen LogP contribution in [0.15, 0.2) is 28.7 Å². The van der Waals surface area contributed by atoms with Crippen molar-refractivity contribution in [2.75, 3.05) is 16.6 Å². The van der Waals surface area contributed by atoms with E-state index in [-0.39, 0.29) is 5.75 Å². The molecule has 5 nitrogen and oxygen atoms in total. The summed E-state index contributed by atoms with van der Waals surface area (Å²) in [5.41, 5.74) is 0.337. The molecule has 0 aliphatic rings. The standard InChI is InChI=1S/C10H12BrNO4S/c1-2-17(15,16)12(7-10(13)14)9-5-3-4-8(11)6-9/h3-6H,2,7H2,1H3,(H,13,14). The topological polar surface area (TPSA) is 74.7 Å². The number of nitrogens with zero attached hydrogens (tertiary/aromatic N) is 1. The van der Waals surface area contributed by atoms with Gasteiger partial charge >= 0.3 is 5.97 Å². The summed E-state index contributed by atoms with van der Waals surface area (Å²) in [6.07, 6.45) is 0. The van der Waals surface area contributed by atoms with E-state index in [1.54, 1.807) is 24.3 Å². The van der Waals surface area contributed by atoms with E-state index in [1.165, 1.54) is 6.92 Å². The van der Waals surface area contributed by atoms with Crippen LogP contribution in [-0.2, 0) is 14.8 Å². The largest absolute Gasteiger partial charge is 0.480 e. The van der Waals surface area contributed by atoms with Crippen LogP contribution in [0, 0.1) is 0 Å². The molecule has 0 radical (unpaired) electrons.